The lowest BCUT2D eigenvalue weighted by molar-refractivity contribution is 0.0723. The number of anilines is 1. The smallest absolute Gasteiger partial charge is 0.274 e. The van der Waals surface area contributed by atoms with Gasteiger partial charge in [-0.3, -0.25) is 9.48 Å². The Labute approximate surface area is 262 Å². The summed E-state index contributed by atoms with van der Waals surface area (Å²) in [6.07, 6.45) is 0. The monoisotopic (exact) mass is 634 g/mol. The summed E-state index contributed by atoms with van der Waals surface area (Å²) >= 11 is 6.17. The van der Waals surface area contributed by atoms with Gasteiger partial charge in [-0.1, -0.05) is 24.3 Å². The van der Waals surface area contributed by atoms with E-state index in [-0.39, 0.29) is 45.9 Å². The van der Waals surface area contributed by atoms with E-state index in [2.05, 4.69) is 15.1 Å². The van der Waals surface area contributed by atoms with E-state index in [1.165, 1.54) is 7.11 Å². The first-order valence-corrected chi connectivity index (χ1v) is 14.4. The van der Waals surface area contributed by atoms with Gasteiger partial charge in [0.2, 0.25) is 5.28 Å². The normalized spacial score (nSPS) is 12.6. The molecule has 0 saturated heterocycles. The van der Waals surface area contributed by atoms with Crippen molar-refractivity contribution in [1.29, 1.82) is 0 Å². The first-order chi connectivity index (χ1) is 21.8. The van der Waals surface area contributed by atoms with Gasteiger partial charge in [-0.2, -0.15) is 10.1 Å². The fraction of sp³-hybridized carbons (Fsp3) is 0.250. The summed E-state index contributed by atoms with van der Waals surface area (Å²) in [7, 11) is 4.50. The molecule has 0 spiro atoms. The number of rotatable bonds is 9. The SMILES string of the molecule is COc1ccc(CN(Cc2ccc(OC)cc2)C(=O)c2cc3n(n2)CCN(c2nc(Cl)nc4c(F)cc(F)c(OC)c24)C3)cc1. The van der Waals surface area contributed by atoms with Crippen molar-refractivity contribution in [2.24, 2.45) is 0 Å². The number of nitrogens with zero attached hydrogens (tertiary/aromatic N) is 6. The van der Waals surface area contributed by atoms with E-state index in [9.17, 15) is 13.6 Å². The molecule has 3 aromatic carbocycles. The van der Waals surface area contributed by atoms with Crippen LogP contribution in [0.15, 0.2) is 60.7 Å². The minimum Gasteiger partial charge on any atom is -0.497 e. The van der Waals surface area contributed by atoms with E-state index in [0.29, 0.717) is 32.2 Å². The molecule has 1 aliphatic rings. The summed E-state index contributed by atoms with van der Waals surface area (Å²) in [6.45, 7) is 1.70. The molecule has 0 atom stereocenters. The zero-order valence-electron chi connectivity index (χ0n) is 24.8. The van der Waals surface area contributed by atoms with Crippen LogP contribution >= 0.6 is 11.6 Å². The van der Waals surface area contributed by atoms with Gasteiger partial charge >= 0.3 is 0 Å². The van der Waals surface area contributed by atoms with Gasteiger partial charge in [0.15, 0.2) is 23.1 Å². The van der Waals surface area contributed by atoms with Crippen molar-refractivity contribution in [2.45, 2.75) is 26.2 Å². The van der Waals surface area contributed by atoms with Crippen molar-refractivity contribution in [3.05, 3.63) is 100 Å². The highest BCUT2D eigenvalue weighted by atomic mass is 35.5. The molecule has 0 unspecified atom stereocenters. The lowest BCUT2D eigenvalue weighted by atomic mass is 10.1. The number of carbonyl (C=O) groups excluding carboxylic acids is 1. The van der Waals surface area contributed by atoms with Gasteiger partial charge < -0.3 is 24.0 Å². The van der Waals surface area contributed by atoms with Crippen LogP contribution in [0.25, 0.3) is 10.9 Å². The molecule has 2 aromatic heterocycles. The molecule has 5 aromatic rings. The predicted molar refractivity (Wildman–Crippen MR) is 164 cm³/mol. The summed E-state index contributed by atoms with van der Waals surface area (Å²) in [5, 5.41) is 4.53. The lowest BCUT2D eigenvalue weighted by Crippen LogP contribution is -2.34. The molecule has 0 bridgehead atoms. The lowest BCUT2D eigenvalue weighted by Gasteiger charge is -2.29. The van der Waals surface area contributed by atoms with Crippen LogP contribution in [0.3, 0.4) is 0 Å². The number of ether oxygens (including phenoxy) is 3. The van der Waals surface area contributed by atoms with Gasteiger partial charge in [0.05, 0.1) is 45.5 Å². The second kappa shape index (κ2) is 12.6. The summed E-state index contributed by atoms with van der Waals surface area (Å²) in [6, 6.07) is 17.5. The summed E-state index contributed by atoms with van der Waals surface area (Å²) in [4.78, 5) is 25.8. The summed E-state index contributed by atoms with van der Waals surface area (Å²) < 4.78 is 47.0. The molecule has 13 heteroatoms. The molecular weight excluding hydrogens is 606 g/mol. The van der Waals surface area contributed by atoms with Crippen LogP contribution in [-0.2, 0) is 26.2 Å². The number of aromatic nitrogens is 4. The van der Waals surface area contributed by atoms with Gasteiger partial charge in [-0.25, -0.2) is 13.8 Å². The number of halogens is 3. The van der Waals surface area contributed by atoms with E-state index >= 15 is 0 Å². The van der Waals surface area contributed by atoms with E-state index in [4.69, 9.17) is 25.8 Å². The molecule has 0 fully saturated rings. The van der Waals surface area contributed by atoms with Crippen LogP contribution < -0.4 is 19.1 Å². The molecule has 1 aliphatic heterocycles. The van der Waals surface area contributed by atoms with Crippen LogP contribution in [0.2, 0.25) is 5.28 Å². The van der Waals surface area contributed by atoms with E-state index < -0.39 is 11.6 Å². The quantitative estimate of drug-likeness (QED) is 0.192. The number of fused-ring (bicyclic) bond motifs is 2. The maximum atomic E-state index is 14.8. The highest BCUT2D eigenvalue weighted by Crippen LogP contribution is 2.38. The van der Waals surface area contributed by atoms with Crippen LogP contribution in [0, 0.1) is 11.6 Å². The average molecular weight is 635 g/mol. The third-order valence-corrected chi connectivity index (χ3v) is 7.83. The third-order valence-electron chi connectivity index (χ3n) is 7.66. The molecule has 45 heavy (non-hydrogen) atoms. The van der Waals surface area contributed by atoms with Gasteiger partial charge in [0.25, 0.3) is 5.91 Å². The minimum atomic E-state index is -0.877. The van der Waals surface area contributed by atoms with Crippen molar-refractivity contribution >= 4 is 34.2 Å². The Morgan fingerprint density at radius 3 is 2.07 bits per heavy atom. The maximum Gasteiger partial charge on any atom is 0.274 e. The number of amides is 1. The van der Waals surface area contributed by atoms with Gasteiger partial charge in [0, 0.05) is 25.7 Å². The summed E-state index contributed by atoms with van der Waals surface area (Å²) in [5.41, 5.74) is 2.69. The van der Waals surface area contributed by atoms with Crippen molar-refractivity contribution in [1.82, 2.24) is 24.6 Å². The Hall–Kier alpha value is -4.97. The molecular formula is C32H29ClF2N6O4. The van der Waals surface area contributed by atoms with Crippen molar-refractivity contribution in [2.75, 3.05) is 32.8 Å². The molecule has 10 nitrogen and oxygen atoms in total. The molecule has 1 amide bonds. The average Bonchev–Trinajstić information content (AvgIpc) is 3.48. The summed E-state index contributed by atoms with van der Waals surface area (Å²) in [5.74, 6) is -0.521. The predicted octanol–water partition coefficient (Wildman–Crippen LogP) is 5.65. The molecule has 0 radical (unpaired) electrons. The zero-order chi connectivity index (χ0) is 31.7. The van der Waals surface area contributed by atoms with Crippen molar-refractivity contribution < 1.29 is 27.8 Å². The Bertz CT molecular complexity index is 1820. The molecule has 0 saturated carbocycles. The number of benzene rings is 3. The fourth-order valence-corrected chi connectivity index (χ4v) is 5.58. The second-order valence-electron chi connectivity index (χ2n) is 10.4. The Kier molecular flexibility index (Phi) is 8.40. The van der Waals surface area contributed by atoms with Gasteiger partial charge in [-0.05, 0) is 53.1 Å². The standard InChI is InChI=1S/C32H29ClF2N6O4/c1-43-22-8-4-19(5-9-22)16-40(17-20-6-10-23(44-2)11-7-20)31(42)26-14-21-18-39(12-13-41(21)38-26)30-27-28(36-32(33)37-30)24(34)15-25(35)29(27)45-3/h4-11,14-15H,12-13,16-18H2,1-3H3. The van der Waals surface area contributed by atoms with Crippen LogP contribution in [0.5, 0.6) is 17.2 Å². The van der Waals surface area contributed by atoms with E-state index in [0.717, 1.165) is 28.3 Å². The Balaban J connectivity index is 1.30. The first kappa shape index (κ1) is 30.1. The number of hydrogen-bond acceptors (Lipinski definition) is 8. The van der Waals surface area contributed by atoms with Crippen LogP contribution in [-0.4, -0.2) is 58.4 Å². The molecule has 0 N–H and O–H groups in total. The van der Waals surface area contributed by atoms with Crippen LogP contribution in [0.4, 0.5) is 14.6 Å². The number of methoxy groups -OCH3 is 3. The molecule has 3 heterocycles. The van der Waals surface area contributed by atoms with Gasteiger partial charge in [-0.15, -0.1) is 0 Å². The van der Waals surface area contributed by atoms with E-state index in [1.807, 2.05) is 53.4 Å². The van der Waals surface area contributed by atoms with Crippen molar-refractivity contribution in [3.63, 3.8) is 0 Å². The molecule has 232 valence electrons. The second-order valence-corrected chi connectivity index (χ2v) is 10.8. The Morgan fingerprint density at radius 2 is 1.49 bits per heavy atom. The zero-order valence-corrected chi connectivity index (χ0v) is 25.5. The fourth-order valence-electron chi connectivity index (χ4n) is 5.41. The minimum absolute atomic E-state index is 0.0776. The highest BCUT2D eigenvalue weighted by Gasteiger charge is 2.28. The van der Waals surface area contributed by atoms with E-state index in [1.54, 1.807) is 29.9 Å². The van der Waals surface area contributed by atoms with Gasteiger partial charge in [0.1, 0.15) is 22.8 Å². The molecule has 6 rings (SSSR count). The Morgan fingerprint density at radius 1 is 0.867 bits per heavy atom. The number of hydrogen-bond donors (Lipinski definition) is 0. The largest absolute Gasteiger partial charge is 0.497 e. The van der Waals surface area contributed by atoms with Crippen molar-refractivity contribution in [3.8, 4) is 17.2 Å². The highest BCUT2D eigenvalue weighted by molar-refractivity contribution is 6.29. The maximum absolute atomic E-state index is 14.8. The number of carbonyl (C=O) groups is 1. The third kappa shape index (κ3) is 6.05. The first-order valence-electron chi connectivity index (χ1n) is 14.0. The van der Waals surface area contributed by atoms with Crippen LogP contribution in [0.1, 0.15) is 27.3 Å². The topological polar surface area (TPSA) is 94.8 Å². The molecule has 0 aliphatic carbocycles.